The average Bonchev–Trinajstić information content (AvgIpc) is 2.96. The molecule has 4 aromatic rings. The molecule has 0 amide bonds. The molecular weight excluding hydrogens is 603 g/mol. The Bertz CT molecular complexity index is 1360. The van der Waals surface area contributed by atoms with Crippen LogP contribution in [0.2, 0.25) is 0 Å². The van der Waals surface area contributed by atoms with Crippen molar-refractivity contribution in [1.29, 1.82) is 0 Å². The van der Waals surface area contributed by atoms with Crippen LogP contribution in [0.15, 0.2) is 143 Å². The van der Waals surface area contributed by atoms with Crippen LogP contribution in [-0.2, 0) is 16.5 Å². The van der Waals surface area contributed by atoms with Crippen LogP contribution in [0.4, 0.5) is 13.2 Å². The Labute approximate surface area is 256 Å². The van der Waals surface area contributed by atoms with E-state index in [-0.39, 0.29) is 22.1 Å². The Balaban J connectivity index is 0.000000289. The van der Waals surface area contributed by atoms with Gasteiger partial charge >= 0.3 is 22.7 Å². The minimum absolute atomic E-state index is 0. The number of halogens is 3. The molecule has 0 heterocycles. The third kappa shape index (κ3) is 10.6. The van der Waals surface area contributed by atoms with Crippen LogP contribution in [0, 0.1) is 5.41 Å². The molecule has 0 fully saturated rings. The van der Waals surface area contributed by atoms with Gasteiger partial charge in [-0.3, -0.25) is 0 Å². The maximum atomic E-state index is 12.8. The summed E-state index contributed by atoms with van der Waals surface area (Å²) in [5, 5.41) is 33.4. The predicted molar refractivity (Wildman–Crippen MR) is 159 cm³/mol. The third-order valence-electron chi connectivity index (χ3n) is 5.61. The maximum absolute atomic E-state index is 12.8. The minimum Gasteiger partial charge on any atom is -0.875 e. The Kier molecular flexibility index (Phi) is 13.2. The van der Waals surface area contributed by atoms with Crippen LogP contribution in [0.5, 0.6) is 0 Å². The summed E-state index contributed by atoms with van der Waals surface area (Å²) in [5.41, 5.74) is -2.39. The van der Waals surface area contributed by atoms with Crippen molar-refractivity contribution in [3.63, 3.8) is 0 Å². The van der Waals surface area contributed by atoms with E-state index in [9.17, 15) is 23.4 Å². The van der Waals surface area contributed by atoms with E-state index in [0.29, 0.717) is 6.08 Å². The van der Waals surface area contributed by atoms with Gasteiger partial charge in [-0.1, -0.05) is 142 Å². The second-order valence-corrected chi connectivity index (χ2v) is 12.1. The Morgan fingerprint density at radius 3 is 1.31 bits per heavy atom. The van der Waals surface area contributed by atoms with E-state index >= 15 is 0 Å². The second-order valence-electron chi connectivity index (χ2n) is 9.85. The minimum atomic E-state index is -4.87. The molecule has 0 unspecified atom stereocenters. The van der Waals surface area contributed by atoms with Gasteiger partial charge in [0.15, 0.2) is 5.71 Å². The quantitative estimate of drug-likeness (QED) is 0.0709. The van der Waals surface area contributed by atoms with Crippen molar-refractivity contribution in [3.05, 3.63) is 139 Å². The van der Waals surface area contributed by atoms with Gasteiger partial charge in [0.2, 0.25) is 0 Å². The van der Waals surface area contributed by atoms with Gasteiger partial charge in [-0.25, -0.2) is 0 Å². The van der Waals surface area contributed by atoms with Crippen LogP contribution in [0.1, 0.15) is 26.3 Å². The molecule has 0 aliphatic carbocycles. The van der Waals surface area contributed by atoms with Crippen molar-refractivity contribution in [2.24, 2.45) is 15.6 Å². The standard InChI is InChI=1S/C18H15P.C15H17F3N2O2.Ni/c1-4-10-16(11-5-1)19(17-12-6-2-7-13-17)18-14-8-3-9-15-18;1-14(2,3)12(21)9-11(15(16,17)18)19-20-13(22)10-7-5-4-6-8-10;/h1-15H;4-9,21H,1-3H3,(H,20,22);/q;;+2/p-2/b;12-9-,19-11-;. The SMILES string of the molecule is CC(C)(C)/C([O-])=C/C(=N/N=C(\[O-])c1ccccc1)C(F)(F)F.[Ni+2].c1ccc(P(c2ccccc2)c2ccccc2)cc1. The molecule has 4 nitrogen and oxygen atoms in total. The summed E-state index contributed by atoms with van der Waals surface area (Å²) in [4.78, 5) is 0. The van der Waals surface area contributed by atoms with Crippen LogP contribution in [-0.4, -0.2) is 17.8 Å². The largest absolute Gasteiger partial charge is 2.00 e. The van der Waals surface area contributed by atoms with E-state index in [1.807, 2.05) is 0 Å². The summed E-state index contributed by atoms with van der Waals surface area (Å²) in [6.07, 6.45) is -4.51. The van der Waals surface area contributed by atoms with Gasteiger partial charge in [-0.15, -0.1) is 10.9 Å². The first kappa shape index (κ1) is 34.5. The fraction of sp³-hybridized carbons (Fsp3) is 0.152. The zero-order chi connectivity index (χ0) is 29.9. The van der Waals surface area contributed by atoms with E-state index in [1.54, 1.807) is 18.2 Å². The summed E-state index contributed by atoms with van der Waals surface area (Å²) in [6.45, 7) is 4.43. The molecule has 0 N–H and O–H groups in total. The Morgan fingerprint density at radius 1 is 0.619 bits per heavy atom. The zero-order valence-corrected chi connectivity index (χ0v) is 25.1. The monoisotopic (exact) mass is 632 g/mol. The smallest absolute Gasteiger partial charge is 0.875 e. The Hall–Kier alpha value is -3.73. The molecular formula is C33H30F3N2NiO2P. The number of nitrogens with zero attached hydrogens (tertiary/aromatic N) is 2. The first-order valence-electron chi connectivity index (χ1n) is 12.8. The first-order valence-corrected chi connectivity index (χ1v) is 14.1. The fourth-order valence-electron chi connectivity index (χ4n) is 3.42. The van der Waals surface area contributed by atoms with Gasteiger partial charge in [0, 0.05) is 5.90 Å². The number of allylic oxidation sites excluding steroid dienone is 2. The van der Waals surface area contributed by atoms with Crippen molar-refractivity contribution in [1.82, 2.24) is 0 Å². The fourth-order valence-corrected chi connectivity index (χ4v) is 5.73. The third-order valence-corrected chi connectivity index (χ3v) is 8.05. The number of hydrogen-bond donors (Lipinski definition) is 0. The molecule has 4 aromatic carbocycles. The number of rotatable bonds is 6. The number of benzene rings is 4. The first-order chi connectivity index (χ1) is 19.5. The van der Waals surface area contributed by atoms with Gasteiger partial charge in [-0.05, 0) is 40.9 Å². The second kappa shape index (κ2) is 16.1. The summed E-state index contributed by atoms with van der Waals surface area (Å²) >= 11 is 0. The number of alkyl halides is 3. The zero-order valence-electron chi connectivity index (χ0n) is 23.2. The number of hydrogen-bond acceptors (Lipinski definition) is 4. The molecule has 0 radical (unpaired) electrons. The van der Waals surface area contributed by atoms with Crippen molar-refractivity contribution in [3.8, 4) is 0 Å². The van der Waals surface area contributed by atoms with Gasteiger partial charge in [0.1, 0.15) is 0 Å². The van der Waals surface area contributed by atoms with E-state index < -0.39 is 36.9 Å². The molecule has 220 valence electrons. The summed E-state index contributed by atoms with van der Waals surface area (Å²) in [5.74, 6) is -1.68. The topological polar surface area (TPSA) is 70.8 Å². The van der Waals surface area contributed by atoms with E-state index in [4.69, 9.17) is 0 Å². The molecule has 0 aliphatic rings. The Morgan fingerprint density at radius 2 is 0.976 bits per heavy atom. The molecule has 0 atom stereocenters. The van der Waals surface area contributed by atoms with E-state index in [0.717, 1.165) is 0 Å². The van der Waals surface area contributed by atoms with Crippen LogP contribution < -0.4 is 26.1 Å². The molecule has 0 saturated heterocycles. The van der Waals surface area contributed by atoms with Crippen molar-refractivity contribution < 1.29 is 39.9 Å². The van der Waals surface area contributed by atoms with Gasteiger partial charge in [-0.2, -0.15) is 18.3 Å². The molecule has 0 spiro atoms. The molecule has 4 rings (SSSR count). The summed E-state index contributed by atoms with van der Waals surface area (Å²) < 4.78 is 38.5. The molecule has 9 heteroatoms. The molecule has 42 heavy (non-hydrogen) atoms. The van der Waals surface area contributed by atoms with Gasteiger partial charge in [0.25, 0.3) is 0 Å². The van der Waals surface area contributed by atoms with E-state index in [1.165, 1.54) is 48.8 Å². The average molecular weight is 633 g/mol. The van der Waals surface area contributed by atoms with Crippen LogP contribution in [0.25, 0.3) is 0 Å². The molecule has 0 saturated carbocycles. The molecule has 0 aromatic heterocycles. The summed E-state index contributed by atoms with van der Waals surface area (Å²) in [6, 6.07) is 39.9. The van der Waals surface area contributed by atoms with E-state index in [2.05, 4.69) is 101 Å². The predicted octanol–water partition coefficient (Wildman–Crippen LogP) is 5.44. The van der Waals surface area contributed by atoms with Crippen LogP contribution >= 0.6 is 7.92 Å². The van der Waals surface area contributed by atoms with Gasteiger partial charge < -0.3 is 10.2 Å². The van der Waals surface area contributed by atoms with Crippen molar-refractivity contribution in [2.45, 2.75) is 26.9 Å². The molecule has 0 aliphatic heterocycles. The van der Waals surface area contributed by atoms with Crippen molar-refractivity contribution >= 4 is 35.4 Å². The van der Waals surface area contributed by atoms with Gasteiger partial charge in [0.05, 0.1) is 0 Å². The molecule has 0 bridgehead atoms. The normalized spacial score (nSPS) is 12.7. The van der Waals surface area contributed by atoms with Crippen molar-refractivity contribution in [2.75, 3.05) is 0 Å². The maximum Gasteiger partial charge on any atom is 2.00 e. The summed E-state index contributed by atoms with van der Waals surface area (Å²) in [7, 11) is -0.446. The van der Waals surface area contributed by atoms with Crippen LogP contribution in [0.3, 0.4) is 0 Å².